The highest BCUT2D eigenvalue weighted by Crippen LogP contribution is 2.23. The van der Waals surface area contributed by atoms with Crippen molar-refractivity contribution >= 4 is 5.97 Å². The second-order valence-electron chi connectivity index (χ2n) is 4.46. The highest BCUT2D eigenvalue weighted by molar-refractivity contribution is 5.66. The molecular formula is C12H20O5. The Kier molecular flexibility index (Phi) is 4.76. The number of rotatable bonds is 3. The van der Waals surface area contributed by atoms with Crippen LogP contribution in [0.1, 0.15) is 39.0 Å². The van der Waals surface area contributed by atoms with Crippen LogP contribution in [-0.2, 0) is 23.7 Å². The minimum absolute atomic E-state index is 0.218. The van der Waals surface area contributed by atoms with E-state index in [2.05, 4.69) is 0 Å². The van der Waals surface area contributed by atoms with Crippen LogP contribution in [0.25, 0.3) is 0 Å². The van der Waals surface area contributed by atoms with Gasteiger partial charge in [-0.25, -0.2) is 0 Å². The van der Waals surface area contributed by atoms with E-state index in [4.69, 9.17) is 18.9 Å². The average molecular weight is 244 g/mol. The molecular weight excluding hydrogens is 224 g/mol. The molecule has 3 atom stereocenters. The summed E-state index contributed by atoms with van der Waals surface area (Å²) in [5, 5.41) is 0. The first-order valence-corrected chi connectivity index (χ1v) is 6.31. The largest absolute Gasteiger partial charge is 0.457 e. The molecule has 0 aromatic carbocycles. The fourth-order valence-electron chi connectivity index (χ4n) is 2.15. The Morgan fingerprint density at radius 1 is 1.12 bits per heavy atom. The van der Waals surface area contributed by atoms with Gasteiger partial charge in [-0.05, 0) is 32.1 Å². The lowest BCUT2D eigenvalue weighted by Gasteiger charge is -2.34. The van der Waals surface area contributed by atoms with Crippen LogP contribution in [0.2, 0.25) is 0 Å². The van der Waals surface area contributed by atoms with Crippen LogP contribution in [0.4, 0.5) is 0 Å². The number of hydrogen-bond donors (Lipinski definition) is 0. The lowest BCUT2D eigenvalue weighted by molar-refractivity contribution is -0.293. The van der Waals surface area contributed by atoms with E-state index in [-0.39, 0.29) is 18.4 Å². The van der Waals surface area contributed by atoms with Crippen molar-refractivity contribution in [3.05, 3.63) is 0 Å². The molecule has 5 heteroatoms. The van der Waals surface area contributed by atoms with Crippen molar-refractivity contribution in [2.45, 2.75) is 57.7 Å². The Morgan fingerprint density at radius 2 is 1.94 bits per heavy atom. The van der Waals surface area contributed by atoms with Crippen molar-refractivity contribution in [1.82, 2.24) is 0 Å². The van der Waals surface area contributed by atoms with Crippen molar-refractivity contribution in [2.24, 2.45) is 0 Å². The zero-order valence-electron chi connectivity index (χ0n) is 10.2. The molecule has 2 fully saturated rings. The Hall–Kier alpha value is -0.650. The predicted octanol–water partition coefficient (Wildman–Crippen LogP) is 1.60. The molecule has 0 radical (unpaired) electrons. The van der Waals surface area contributed by atoms with Gasteiger partial charge in [-0.2, -0.15) is 0 Å². The van der Waals surface area contributed by atoms with Crippen molar-refractivity contribution in [1.29, 1.82) is 0 Å². The molecule has 17 heavy (non-hydrogen) atoms. The van der Waals surface area contributed by atoms with Gasteiger partial charge in [0.05, 0.1) is 6.61 Å². The SMILES string of the molecule is CC(=O)O[C@H]1CCCO[C@H]1O[C@H]1CCCCO1. The van der Waals surface area contributed by atoms with Gasteiger partial charge in [0, 0.05) is 13.5 Å². The van der Waals surface area contributed by atoms with Gasteiger partial charge in [-0.15, -0.1) is 0 Å². The van der Waals surface area contributed by atoms with Gasteiger partial charge in [0.15, 0.2) is 18.7 Å². The highest BCUT2D eigenvalue weighted by Gasteiger charge is 2.32. The molecule has 0 aliphatic carbocycles. The van der Waals surface area contributed by atoms with E-state index in [9.17, 15) is 4.79 Å². The summed E-state index contributed by atoms with van der Waals surface area (Å²) in [7, 11) is 0. The van der Waals surface area contributed by atoms with Crippen LogP contribution in [0.15, 0.2) is 0 Å². The van der Waals surface area contributed by atoms with Gasteiger partial charge < -0.3 is 18.9 Å². The lowest BCUT2D eigenvalue weighted by Crippen LogP contribution is -2.42. The third-order valence-electron chi connectivity index (χ3n) is 2.96. The van der Waals surface area contributed by atoms with Gasteiger partial charge in [0.2, 0.25) is 0 Å². The summed E-state index contributed by atoms with van der Waals surface area (Å²) >= 11 is 0. The van der Waals surface area contributed by atoms with E-state index < -0.39 is 6.29 Å². The van der Waals surface area contributed by atoms with Crippen molar-refractivity contribution < 1.29 is 23.7 Å². The summed E-state index contributed by atoms with van der Waals surface area (Å²) < 4.78 is 21.9. The molecule has 98 valence electrons. The standard InChI is InChI=1S/C12H20O5/c1-9(13)16-10-5-4-8-15-12(10)17-11-6-2-3-7-14-11/h10-12H,2-8H2,1H3/t10-,11-,12-/m0/s1. The molecule has 0 aromatic heterocycles. The van der Waals surface area contributed by atoms with Crippen molar-refractivity contribution in [3.63, 3.8) is 0 Å². The van der Waals surface area contributed by atoms with E-state index >= 15 is 0 Å². The minimum atomic E-state index is -0.476. The summed E-state index contributed by atoms with van der Waals surface area (Å²) in [6.45, 7) is 2.79. The molecule has 0 unspecified atom stereocenters. The number of esters is 1. The first-order chi connectivity index (χ1) is 8.25. The maximum absolute atomic E-state index is 11.0. The van der Waals surface area contributed by atoms with Gasteiger partial charge in [0.25, 0.3) is 0 Å². The number of hydrogen-bond acceptors (Lipinski definition) is 5. The Labute approximate surface area is 101 Å². The van der Waals surface area contributed by atoms with Gasteiger partial charge in [-0.1, -0.05) is 0 Å². The molecule has 5 nitrogen and oxygen atoms in total. The molecule has 2 heterocycles. The van der Waals surface area contributed by atoms with Crippen LogP contribution < -0.4 is 0 Å². The second-order valence-corrected chi connectivity index (χ2v) is 4.46. The van der Waals surface area contributed by atoms with E-state index in [0.29, 0.717) is 6.61 Å². The fourth-order valence-corrected chi connectivity index (χ4v) is 2.15. The average Bonchev–Trinajstić information content (AvgIpc) is 2.32. The summed E-state index contributed by atoms with van der Waals surface area (Å²) in [5.74, 6) is -0.293. The Balaban J connectivity index is 1.84. The smallest absolute Gasteiger partial charge is 0.303 e. The Bertz CT molecular complexity index is 249. The zero-order valence-corrected chi connectivity index (χ0v) is 10.2. The molecule has 0 aromatic rings. The third kappa shape index (κ3) is 3.94. The molecule has 0 spiro atoms. The van der Waals surface area contributed by atoms with E-state index in [1.54, 1.807) is 0 Å². The van der Waals surface area contributed by atoms with Gasteiger partial charge in [-0.3, -0.25) is 4.79 Å². The summed E-state index contributed by atoms with van der Waals surface area (Å²) in [6.07, 6.45) is 3.76. The van der Waals surface area contributed by atoms with Crippen LogP contribution in [0.3, 0.4) is 0 Å². The minimum Gasteiger partial charge on any atom is -0.457 e. The first kappa shape index (κ1) is 12.8. The van der Waals surface area contributed by atoms with Crippen LogP contribution in [0, 0.1) is 0 Å². The molecule has 0 amide bonds. The van der Waals surface area contributed by atoms with E-state index in [0.717, 1.165) is 38.7 Å². The molecule has 2 aliphatic rings. The normalized spacial score (nSPS) is 34.3. The number of carbonyl (C=O) groups excluding carboxylic acids is 1. The van der Waals surface area contributed by atoms with E-state index in [1.165, 1.54) is 6.92 Å². The Morgan fingerprint density at radius 3 is 2.65 bits per heavy atom. The maximum atomic E-state index is 11.0. The fraction of sp³-hybridized carbons (Fsp3) is 0.917. The molecule has 0 saturated carbocycles. The zero-order chi connectivity index (χ0) is 12.1. The summed E-state index contributed by atoms with van der Waals surface area (Å²) in [6, 6.07) is 0. The summed E-state index contributed by atoms with van der Waals surface area (Å²) in [4.78, 5) is 11.0. The lowest BCUT2D eigenvalue weighted by atomic mass is 10.1. The molecule has 2 rings (SSSR count). The quantitative estimate of drug-likeness (QED) is 0.706. The monoisotopic (exact) mass is 244 g/mol. The van der Waals surface area contributed by atoms with Crippen molar-refractivity contribution in [3.8, 4) is 0 Å². The third-order valence-corrected chi connectivity index (χ3v) is 2.96. The summed E-state index contributed by atoms with van der Waals surface area (Å²) in [5.41, 5.74) is 0. The molecule has 0 N–H and O–H groups in total. The highest BCUT2D eigenvalue weighted by atomic mass is 16.8. The maximum Gasteiger partial charge on any atom is 0.303 e. The molecule has 2 aliphatic heterocycles. The van der Waals surface area contributed by atoms with Gasteiger partial charge in [0.1, 0.15) is 0 Å². The topological polar surface area (TPSA) is 54.0 Å². The van der Waals surface area contributed by atoms with Crippen LogP contribution >= 0.6 is 0 Å². The van der Waals surface area contributed by atoms with E-state index in [1.807, 2.05) is 0 Å². The van der Waals surface area contributed by atoms with Crippen LogP contribution in [0.5, 0.6) is 0 Å². The molecule has 0 bridgehead atoms. The number of ether oxygens (including phenoxy) is 4. The predicted molar refractivity (Wildman–Crippen MR) is 59.2 cm³/mol. The second kappa shape index (κ2) is 6.33. The molecule has 2 saturated heterocycles. The van der Waals surface area contributed by atoms with Gasteiger partial charge >= 0.3 is 5.97 Å². The number of carbonyl (C=O) groups is 1. The van der Waals surface area contributed by atoms with Crippen molar-refractivity contribution in [2.75, 3.05) is 13.2 Å². The first-order valence-electron chi connectivity index (χ1n) is 6.31. The van der Waals surface area contributed by atoms with Crippen LogP contribution in [-0.4, -0.2) is 37.9 Å².